The van der Waals surface area contributed by atoms with Crippen molar-refractivity contribution in [2.24, 2.45) is 0 Å². The van der Waals surface area contributed by atoms with Crippen molar-refractivity contribution < 1.29 is 4.79 Å². The number of carbonyl (C=O) groups is 1. The van der Waals surface area contributed by atoms with Crippen LogP contribution in [0.1, 0.15) is 38.9 Å². The Morgan fingerprint density at radius 1 is 1.63 bits per heavy atom. The van der Waals surface area contributed by atoms with Gasteiger partial charge in [-0.05, 0) is 48.9 Å². The fourth-order valence-corrected chi connectivity index (χ4v) is 3.86. The Hall–Kier alpha value is -0.520. The molecule has 1 N–H and O–H groups in total. The number of thiophene rings is 1. The normalized spacial score (nSPS) is 28.9. The monoisotopic (exact) mass is 298 g/mol. The maximum absolute atomic E-state index is 12.7. The number of amides is 1. The first-order chi connectivity index (χ1) is 9.03. The van der Waals surface area contributed by atoms with Crippen LogP contribution in [0.25, 0.3) is 0 Å². The van der Waals surface area contributed by atoms with E-state index in [1.165, 1.54) is 5.56 Å². The van der Waals surface area contributed by atoms with E-state index >= 15 is 0 Å². The Morgan fingerprint density at radius 3 is 2.89 bits per heavy atom. The lowest BCUT2D eigenvalue weighted by atomic mass is 9.99. The minimum absolute atomic E-state index is 0.0193. The highest BCUT2D eigenvalue weighted by atomic mass is 32.2. The molecule has 106 valence electrons. The van der Waals surface area contributed by atoms with E-state index in [1.807, 2.05) is 11.8 Å². The molecule has 1 fully saturated rings. The summed E-state index contributed by atoms with van der Waals surface area (Å²) in [5, 5.41) is 7.73. The van der Waals surface area contributed by atoms with E-state index in [4.69, 9.17) is 0 Å². The summed E-state index contributed by atoms with van der Waals surface area (Å²) in [4.78, 5) is 14.8. The van der Waals surface area contributed by atoms with E-state index in [0.29, 0.717) is 0 Å². The largest absolute Gasteiger partial charge is 0.318 e. The molecule has 19 heavy (non-hydrogen) atoms. The maximum Gasteiger partial charge on any atom is 0.244 e. The van der Waals surface area contributed by atoms with E-state index in [-0.39, 0.29) is 18.1 Å². The van der Waals surface area contributed by atoms with Crippen molar-refractivity contribution in [1.29, 1.82) is 0 Å². The molecule has 1 aliphatic rings. The fraction of sp³-hybridized carbons (Fsp3) is 0.643. The van der Waals surface area contributed by atoms with Crippen molar-refractivity contribution in [3.05, 3.63) is 22.4 Å². The summed E-state index contributed by atoms with van der Waals surface area (Å²) < 4.78 is 0. The molecule has 5 heteroatoms. The number of nitrogens with one attached hydrogen (secondary N) is 1. The van der Waals surface area contributed by atoms with Gasteiger partial charge in [0, 0.05) is 11.8 Å². The Kier molecular flexibility index (Phi) is 4.58. The summed E-state index contributed by atoms with van der Waals surface area (Å²) in [6, 6.07) is 2.35. The van der Waals surface area contributed by atoms with Crippen molar-refractivity contribution in [1.82, 2.24) is 10.2 Å². The second kappa shape index (κ2) is 5.85. The van der Waals surface area contributed by atoms with E-state index in [1.54, 1.807) is 23.1 Å². The van der Waals surface area contributed by atoms with Crippen molar-refractivity contribution >= 4 is 29.0 Å². The van der Waals surface area contributed by atoms with Gasteiger partial charge in [0.1, 0.15) is 6.17 Å². The van der Waals surface area contributed by atoms with Crippen LogP contribution in [-0.2, 0) is 4.79 Å². The van der Waals surface area contributed by atoms with Gasteiger partial charge in [-0.3, -0.25) is 10.1 Å². The van der Waals surface area contributed by atoms with Gasteiger partial charge in [-0.25, -0.2) is 0 Å². The van der Waals surface area contributed by atoms with E-state index in [2.05, 4.69) is 42.2 Å². The molecule has 0 radical (unpaired) electrons. The van der Waals surface area contributed by atoms with Crippen LogP contribution in [-0.4, -0.2) is 34.4 Å². The Bertz CT molecular complexity index is 435. The number of nitrogens with zero attached hydrogens (tertiary/aromatic N) is 1. The molecular formula is C14H22N2OS2. The highest BCUT2D eigenvalue weighted by Crippen LogP contribution is 2.35. The third kappa shape index (κ3) is 2.69. The number of hydrogen-bond donors (Lipinski definition) is 1. The summed E-state index contributed by atoms with van der Waals surface area (Å²) in [6.07, 6.45) is 2.92. The van der Waals surface area contributed by atoms with Gasteiger partial charge in [0.25, 0.3) is 0 Å². The van der Waals surface area contributed by atoms with Crippen LogP contribution < -0.4 is 5.32 Å². The average molecular weight is 298 g/mol. The Morgan fingerprint density at radius 2 is 2.37 bits per heavy atom. The van der Waals surface area contributed by atoms with Crippen LogP contribution in [0.4, 0.5) is 0 Å². The molecule has 0 spiro atoms. The van der Waals surface area contributed by atoms with Gasteiger partial charge in [0.15, 0.2) is 0 Å². The molecule has 1 aromatic rings. The molecule has 0 bridgehead atoms. The predicted octanol–water partition coefficient (Wildman–Crippen LogP) is 3.10. The summed E-state index contributed by atoms with van der Waals surface area (Å²) in [5.74, 6) is 1.20. The molecule has 3 atom stereocenters. The smallest absolute Gasteiger partial charge is 0.244 e. The van der Waals surface area contributed by atoms with Gasteiger partial charge in [-0.2, -0.15) is 23.1 Å². The first kappa shape index (κ1) is 14.9. The zero-order chi connectivity index (χ0) is 14.0. The minimum atomic E-state index is -0.431. The first-order valence-electron chi connectivity index (χ1n) is 6.65. The standard InChI is InChI=1S/C14H22N2OS2/c1-5-14(3)13(17)16(10(2)8-18-4)12(15-14)11-6-7-19-9-11/h6-7,9-10,12,15H,5,8H2,1-4H3. The molecule has 0 aliphatic carbocycles. The molecule has 2 rings (SSSR count). The summed E-state index contributed by atoms with van der Waals surface area (Å²) in [7, 11) is 0. The van der Waals surface area contributed by atoms with Gasteiger partial charge >= 0.3 is 0 Å². The quantitative estimate of drug-likeness (QED) is 0.906. The van der Waals surface area contributed by atoms with Crippen LogP contribution in [0, 0.1) is 0 Å². The lowest BCUT2D eigenvalue weighted by Gasteiger charge is -2.29. The van der Waals surface area contributed by atoms with Crippen LogP contribution in [0.2, 0.25) is 0 Å². The van der Waals surface area contributed by atoms with Crippen molar-refractivity contribution in [2.75, 3.05) is 12.0 Å². The number of thioether (sulfide) groups is 1. The summed E-state index contributed by atoms with van der Waals surface area (Å²) in [5.41, 5.74) is 0.766. The van der Waals surface area contributed by atoms with E-state index in [0.717, 1.165) is 12.2 Å². The van der Waals surface area contributed by atoms with Gasteiger partial charge in [-0.15, -0.1) is 0 Å². The van der Waals surface area contributed by atoms with Crippen LogP contribution in [0.15, 0.2) is 16.8 Å². The van der Waals surface area contributed by atoms with E-state index < -0.39 is 5.54 Å². The van der Waals surface area contributed by atoms with Crippen molar-refractivity contribution in [3.8, 4) is 0 Å². The van der Waals surface area contributed by atoms with Crippen LogP contribution >= 0.6 is 23.1 Å². The lowest BCUT2D eigenvalue weighted by molar-refractivity contribution is -0.134. The second-order valence-electron chi connectivity index (χ2n) is 5.31. The fourth-order valence-electron chi connectivity index (χ4n) is 2.54. The molecule has 1 aromatic heterocycles. The molecule has 3 nitrogen and oxygen atoms in total. The summed E-state index contributed by atoms with van der Waals surface area (Å²) in [6.45, 7) is 6.22. The predicted molar refractivity (Wildman–Crippen MR) is 83.6 cm³/mol. The minimum Gasteiger partial charge on any atom is -0.318 e. The number of hydrogen-bond acceptors (Lipinski definition) is 4. The van der Waals surface area contributed by atoms with Crippen LogP contribution in [0.3, 0.4) is 0 Å². The molecule has 1 saturated heterocycles. The Labute approximate surface area is 123 Å². The van der Waals surface area contributed by atoms with Gasteiger partial charge in [0.2, 0.25) is 5.91 Å². The first-order valence-corrected chi connectivity index (χ1v) is 8.98. The van der Waals surface area contributed by atoms with Crippen molar-refractivity contribution in [2.45, 2.75) is 44.9 Å². The molecule has 1 aliphatic heterocycles. The molecule has 3 unspecified atom stereocenters. The molecular weight excluding hydrogens is 276 g/mol. The lowest BCUT2D eigenvalue weighted by Crippen LogP contribution is -2.44. The average Bonchev–Trinajstić information content (AvgIpc) is 2.98. The van der Waals surface area contributed by atoms with Gasteiger partial charge in [0.05, 0.1) is 5.54 Å². The zero-order valence-corrected chi connectivity index (χ0v) is 13.6. The van der Waals surface area contributed by atoms with Gasteiger partial charge < -0.3 is 4.90 Å². The van der Waals surface area contributed by atoms with Crippen molar-refractivity contribution in [3.63, 3.8) is 0 Å². The molecule has 1 amide bonds. The molecule has 0 saturated carbocycles. The third-order valence-corrected chi connectivity index (χ3v) is 5.41. The summed E-state index contributed by atoms with van der Waals surface area (Å²) >= 11 is 3.47. The zero-order valence-electron chi connectivity index (χ0n) is 12.0. The topological polar surface area (TPSA) is 32.3 Å². The highest BCUT2D eigenvalue weighted by Gasteiger charge is 2.48. The highest BCUT2D eigenvalue weighted by molar-refractivity contribution is 7.98. The number of rotatable bonds is 5. The molecule has 2 heterocycles. The van der Waals surface area contributed by atoms with Crippen LogP contribution in [0.5, 0.6) is 0 Å². The second-order valence-corrected chi connectivity index (χ2v) is 7.00. The van der Waals surface area contributed by atoms with Gasteiger partial charge in [-0.1, -0.05) is 6.92 Å². The maximum atomic E-state index is 12.7. The molecule has 0 aromatic carbocycles. The van der Waals surface area contributed by atoms with E-state index in [9.17, 15) is 4.79 Å². The third-order valence-electron chi connectivity index (χ3n) is 3.89. The Balaban J connectivity index is 2.32. The number of carbonyl (C=O) groups excluding carboxylic acids is 1. The SMILES string of the molecule is CCC1(C)NC(c2ccsc2)N(C(C)CSC)C1=O.